The second-order valence-corrected chi connectivity index (χ2v) is 4.28. The second-order valence-electron chi connectivity index (χ2n) is 4.28. The van der Waals surface area contributed by atoms with Gasteiger partial charge in [-0.1, -0.05) is 23.8 Å². The largest absolute Gasteiger partial charge is 0.369 e. The third-order valence-corrected chi connectivity index (χ3v) is 3.05. The Kier molecular flexibility index (Phi) is 2.46. The van der Waals surface area contributed by atoms with Crippen molar-refractivity contribution in [2.75, 3.05) is 5.73 Å². The fourth-order valence-electron chi connectivity index (χ4n) is 1.94. The van der Waals surface area contributed by atoms with E-state index in [9.17, 15) is 0 Å². The van der Waals surface area contributed by atoms with Crippen molar-refractivity contribution >= 4 is 5.95 Å². The highest BCUT2D eigenvalue weighted by Crippen LogP contribution is 2.27. The van der Waals surface area contributed by atoms with Gasteiger partial charge < -0.3 is 10.3 Å². The van der Waals surface area contributed by atoms with Gasteiger partial charge in [0.1, 0.15) is 0 Å². The summed E-state index contributed by atoms with van der Waals surface area (Å²) < 4.78 is 1.91. The Labute approximate surface area is 95.9 Å². The van der Waals surface area contributed by atoms with Crippen molar-refractivity contribution in [3.8, 4) is 11.3 Å². The summed E-state index contributed by atoms with van der Waals surface area (Å²) in [5, 5.41) is 0. The molecule has 0 aliphatic carbocycles. The molecule has 84 valence electrons. The zero-order chi connectivity index (χ0) is 11.9. The highest BCUT2D eigenvalue weighted by Gasteiger charge is 2.12. The summed E-state index contributed by atoms with van der Waals surface area (Å²) in [7, 11) is 1.94. The standard InChI is InChI=1S/C13H17N3/c1-8-5-6-11(9(2)7-8)12-10(3)16(4)13(14)15-12/h5-7H,1-4H3,(H2,14,15). The first-order chi connectivity index (χ1) is 7.50. The summed E-state index contributed by atoms with van der Waals surface area (Å²) in [6, 6.07) is 6.38. The van der Waals surface area contributed by atoms with Crippen LogP contribution in [-0.4, -0.2) is 9.55 Å². The SMILES string of the molecule is Cc1ccc(-c2nc(N)n(C)c2C)c(C)c1. The van der Waals surface area contributed by atoms with E-state index >= 15 is 0 Å². The molecule has 0 amide bonds. The maximum atomic E-state index is 5.81. The number of imidazole rings is 1. The molecule has 1 aromatic heterocycles. The Balaban J connectivity index is 2.63. The first-order valence-electron chi connectivity index (χ1n) is 5.37. The van der Waals surface area contributed by atoms with Crippen LogP contribution >= 0.6 is 0 Å². The molecule has 1 heterocycles. The Hall–Kier alpha value is -1.77. The number of aryl methyl sites for hydroxylation is 2. The number of nitrogens with two attached hydrogens (primary N) is 1. The van der Waals surface area contributed by atoms with E-state index in [1.54, 1.807) is 0 Å². The highest BCUT2D eigenvalue weighted by molar-refractivity contribution is 5.67. The lowest BCUT2D eigenvalue weighted by atomic mass is 10.0. The van der Waals surface area contributed by atoms with Crippen molar-refractivity contribution in [3.63, 3.8) is 0 Å². The maximum absolute atomic E-state index is 5.81. The van der Waals surface area contributed by atoms with Crippen molar-refractivity contribution in [3.05, 3.63) is 35.0 Å². The molecule has 0 aliphatic rings. The predicted molar refractivity (Wildman–Crippen MR) is 67.3 cm³/mol. The fraction of sp³-hybridized carbons (Fsp3) is 0.308. The van der Waals surface area contributed by atoms with E-state index in [2.05, 4.69) is 37.0 Å². The zero-order valence-corrected chi connectivity index (χ0v) is 10.2. The minimum Gasteiger partial charge on any atom is -0.369 e. The van der Waals surface area contributed by atoms with Crippen LogP contribution in [0.3, 0.4) is 0 Å². The van der Waals surface area contributed by atoms with Crippen molar-refractivity contribution in [2.24, 2.45) is 7.05 Å². The normalized spacial score (nSPS) is 10.8. The second kappa shape index (κ2) is 3.67. The van der Waals surface area contributed by atoms with Crippen LogP contribution in [-0.2, 0) is 7.05 Å². The first kappa shape index (κ1) is 10.7. The summed E-state index contributed by atoms with van der Waals surface area (Å²) in [4.78, 5) is 4.41. The first-order valence-corrected chi connectivity index (χ1v) is 5.37. The Morgan fingerprint density at radius 3 is 2.38 bits per heavy atom. The molecule has 2 aromatic rings. The van der Waals surface area contributed by atoms with Gasteiger partial charge >= 0.3 is 0 Å². The van der Waals surface area contributed by atoms with Crippen molar-refractivity contribution in [1.82, 2.24) is 9.55 Å². The summed E-state index contributed by atoms with van der Waals surface area (Å²) >= 11 is 0. The predicted octanol–water partition coefficient (Wildman–Crippen LogP) is 2.59. The van der Waals surface area contributed by atoms with E-state index in [1.165, 1.54) is 11.1 Å². The van der Waals surface area contributed by atoms with Crippen LogP contribution in [0.15, 0.2) is 18.2 Å². The molecule has 3 nitrogen and oxygen atoms in total. The van der Waals surface area contributed by atoms with Crippen LogP contribution in [0, 0.1) is 20.8 Å². The molecule has 0 fully saturated rings. The zero-order valence-electron chi connectivity index (χ0n) is 10.2. The number of nitrogen functional groups attached to an aromatic ring is 1. The minimum absolute atomic E-state index is 0.562. The van der Waals surface area contributed by atoms with Gasteiger partial charge in [0.15, 0.2) is 0 Å². The number of hydrogen-bond acceptors (Lipinski definition) is 2. The molecule has 1 aromatic carbocycles. The molecule has 0 atom stereocenters. The topological polar surface area (TPSA) is 43.8 Å². The van der Waals surface area contributed by atoms with Crippen LogP contribution in [0.4, 0.5) is 5.95 Å². The molecule has 0 saturated carbocycles. The maximum Gasteiger partial charge on any atom is 0.200 e. The number of nitrogens with zero attached hydrogens (tertiary/aromatic N) is 2. The highest BCUT2D eigenvalue weighted by atomic mass is 15.1. The molecule has 0 spiro atoms. The lowest BCUT2D eigenvalue weighted by Gasteiger charge is -2.05. The third kappa shape index (κ3) is 1.58. The average molecular weight is 215 g/mol. The molecule has 16 heavy (non-hydrogen) atoms. The summed E-state index contributed by atoms with van der Waals surface area (Å²) in [6.45, 7) is 6.24. The number of hydrogen-bond donors (Lipinski definition) is 1. The van der Waals surface area contributed by atoms with E-state index < -0.39 is 0 Å². The van der Waals surface area contributed by atoms with Crippen LogP contribution in [0.1, 0.15) is 16.8 Å². The van der Waals surface area contributed by atoms with Gasteiger partial charge in [-0.25, -0.2) is 4.98 Å². The number of aromatic nitrogens is 2. The molecule has 2 N–H and O–H groups in total. The quantitative estimate of drug-likeness (QED) is 0.794. The summed E-state index contributed by atoms with van der Waals surface area (Å²) in [5.74, 6) is 0.562. The van der Waals surface area contributed by atoms with E-state index in [4.69, 9.17) is 5.73 Å². The van der Waals surface area contributed by atoms with Gasteiger partial charge in [0.05, 0.1) is 5.69 Å². The molecule has 0 aliphatic heterocycles. The molecule has 0 radical (unpaired) electrons. The van der Waals surface area contributed by atoms with Gasteiger partial charge in [-0.3, -0.25) is 0 Å². The van der Waals surface area contributed by atoms with E-state index in [1.807, 2.05) is 18.5 Å². The van der Waals surface area contributed by atoms with Gasteiger partial charge in [0.2, 0.25) is 5.95 Å². The van der Waals surface area contributed by atoms with Crippen LogP contribution in [0.25, 0.3) is 11.3 Å². The van der Waals surface area contributed by atoms with Crippen molar-refractivity contribution in [2.45, 2.75) is 20.8 Å². The third-order valence-electron chi connectivity index (χ3n) is 3.05. The van der Waals surface area contributed by atoms with Gasteiger partial charge in [0, 0.05) is 18.3 Å². The van der Waals surface area contributed by atoms with E-state index in [-0.39, 0.29) is 0 Å². The fourth-order valence-corrected chi connectivity index (χ4v) is 1.94. The van der Waals surface area contributed by atoms with Crippen molar-refractivity contribution < 1.29 is 0 Å². The van der Waals surface area contributed by atoms with Gasteiger partial charge in [-0.15, -0.1) is 0 Å². The Morgan fingerprint density at radius 1 is 1.19 bits per heavy atom. The Morgan fingerprint density at radius 2 is 1.88 bits per heavy atom. The molecule has 0 unspecified atom stereocenters. The molecule has 0 bridgehead atoms. The number of anilines is 1. The minimum atomic E-state index is 0.562. The van der Waals surface area contributed by atoms with Crippen LogP contribution in [0.5, 0.6) is 0 Å². The summed E-state index contributed by atoms with van der Waals surface area (Å²) in [5.41, 5.74) is 11.6. The monoisotopic (exact) mass is 215 g/mol. The molecular formula is C13H17N3. The Bertz CT molecular complexity index is 538. The van der Waals surface area contributed by atoms with Crippen LogP contribution in [0.2, 0.25) is 0 Å². The van der Waals surface area contributed by atoms with Gasteiger partial charge in [-0.2, -0.15) is 0 Å². The smallest absolute Gasteiger partial charge is 0.200 e. The lowest BCUT2D eigenvalue weighted by Crippen LogP contribution is -1.97. The van der Waals surface area contributed by atoms with Gasteiger partial charge in [0.25, 0.3) is 0 Å². The van der Waals surface area contributed by atoms with E-state index in [0.717, 1.165) is 17.0 Å². The lowest BCUT2D eigenvalue weighted by molar-refractivity contribution is 0.889. The van der Waals surface area contributed by atoms with Crippen LogP contribution < -0.4 is 5.73 Å². The molecule has 2 rings (SSSR count). The van der Waals surface area contributed by atoms with Crippen molar-refractivity contribution in [1.29, 1.82) is 0 Å². The summed E-state index contributed by atoms with van der Waals surface area (Å²) in [6.07, 6.45) is 0. The molecule has 0 saturated heterocycles. The number of rotatable bonds is 1. The van der Waals surface area contributed by atoms with E-state index in [0.29, 0.717) is 5.95 Å². The molecular weight excluding hydrogens is 198 g/mol. The van der Waals surface area contributed by atoms with Gasteiger partial charge in [-0.05, 0) is 26.3 Å². The average Bonchev–Trinajstić information content (AvgIpc) is 2.46. The molecule has 3 heteroatoms. The number of benzene rings is 1.